The summed E-state index contributed by atoms with van der Waals surface area (Å²) in [6, 6.07) is 0. The van der Waals surface area contributed by atoms with Gasteiger partial charge in [0.1, 0.15) is 0 Å². The molecule has 0 unspecified atom stereocenters. The molecule has 0 aromatic rings. The Balaban J connectivity index is 2.45. The molecule has 0 amide bonds. The van der Waals surface area contributed by atoms with Gasteiger partial charge in [0.15, 0.2) is 0 Å². The van der Waals surface area contributed by atoms with Gasteiger partial charge in [-0.3, -0.25) is 0 Å². The zero-order chi connectivity index (χ0) is 5.54. The number of rotatable bonds is 4. The quantitative estimate of drug-likeness (QED) is 0.439. The third-order valence-electron chi connectivity index (χ3n) is 0.719. The molecule has 42 valence electrons. The standard InChI is InChI=1S/C4H10S.Al.ClH.H/c1-2-3-4-5;;;/h5H,2-4H2,1H3;;1H;/q;+2;;/p-2. The fourth-order valence-corrected chi connectivity index (χ4v) is 2.82. The lowest BCUT2D eigenvalue weighted by molar-refractivity contribution is 0.898. The summed E-state index contributed by atoms with van der Waals surface area (Å²) in [7, 11) is 7.48. The van der Waals surface area contributed by atoms with Gasteiger partial charge in [0, 0.05) is 0 Å². The predicted molar refractivity (Wildman–Crippen MR) is 40.4 cm³/mol. The van der Waals surface area contributed by atoms with Crippen LogP contribution in [0.5, 0.6) is 0 Å². The maximum atomic E-state index is 5.54. The van der Waals surface area contributed by atoms with Crippen LogP contribution < -0.4 is 0 Å². The van der Waals surface area contributed by atoms with Gasteiger partial charge in [-0.25, -0.2) is 20.2 Å². The second-order valence-corrected chi connectivity index (χ2v) is 6.25. The maximum Gasteiger partial charge on any atom is 0.455 e. The molecule has 0 rings (SSSR count). The highest BCUT2D eigenvalue weighted by Gasteiger charge is 1.85. The first-order valence-corrected chi connectivity index (χ1v) is 7.58. The summed E-state index contributed by atoms with van der Waals surface area (Å²) in [5.74, 6) is 1.28. The van der Waals surface area contributed by atoms with Crippen LogP contribution in [0.1, 0.15) is 19.8 Å². The second kappa shape index (κ2) is 7.17. The Morgan fingerprint density at radius 3 is 2.86 bits per heavy atom. The van der Waals surface area contributed by atoms with Crippen LogP contribution >= 0.6 is 20.2 Å². The molecule has 0 spiro atoms. The van der Waals surface area contributed by atoms with Crippen LogP contribution in [-0.4, -0.2) is 18.9 Å². The van der Waals surface area contributed by atoms with Crippen LogP contribution in [0.2, 0.25) is 0 Å². The highest BCUT2D eigenvalue weighted by molar-refractivity contribution is 8.26. The van der Waals surface area contributed by atoms with Gasteiger partial charge in [-0.15, -0.1) is 0 Å². The predicted octanol–water partition coefficient (Wildman–Crippen LogP) is 2.02. The fourth-order valence-electron chi connectivity index (χ4n) is 0.301. The molecule has 0 aliphatic heterocycles. The summed E-state index contributed by atoms with van der Waals surface area (Å²) in [5, 5.41) is 0. The van der Waals surface area contributed by atoms with E-state index in [2.05, 4.69) is 6.92 Å². The Labute approximate surface area is 59.0 Å². The minimum atomic E-state index is -0.217. The highest BCUT2D eigenvalue weighted by atomic mass is 35.6. The molecule has 0 aromatic heterocycles. The molecule has 0 nitrogen and oxygen atoms in total. The first kappa shape index (κ1) is 8.17. The van der Waals surface area contributed by atoms with Crippen molar-refractivity contribution in [3.05, 3.63) is 0 Å². The van der Waals surface area contributed by atoms with E-state index in [9.17, 15) is 0 Å². The average molecular weight is 153 g/mol. The van der Waals surface area contributed by atoms with Gasteiger partial charge in [0.2, 0.25) is 0 Å². The Morgan fingerprint density at radius 2 is 2.43 bits per heavy atom. The van der Waals surface area contributed by atoms with Crippen molar-refractivity contribution < 1.29 is 0 Å². The normalized spacial score (nSPS) is 8.86. The minimum absolute atomic E-state index is 0.217. The first-order valence-electron chi connectivity index (χ1n) is 2.55. The van der Waals surface area contributed by atoms with E-state index in [1.54, 1.807) is 0 Å². The molecule has 7 heavy (non-hydrogen) atoms. The van der Waals surface area contributed by atoms with Gasteiger partial charge in [-0.1, -0.05) is 13.3 Å². The summed E-state index contributed by atoms with van der Waals surface area (Å²) in [6.07, 6.45) is 2.64. The van der Waals surface area contributed by atoms with Gasteiger partial charge in [0.05, 0.1) is 0 Å². The Morgan fingerprint density at radius 1 is 1.71 bits per heavy atom. The molecule has 0 saturated carbocycles. The highest BCUT2D eigenvalue weighted by Crippen LogP contribution is 2.02. The van der Waals surface area contributed by atoms with Crippen molar-refractivity contribution in [3.8, 4) is 0 Å². The molecule has 0 N–H and O–H groups in total. The molecular formula is C4H10AlClS. The van der Waals surface area contributed by atoms with E-state index in [0.717, 1.165) is 0 Å². The van der Waals surface area contributed by atoms with Crippen molar-refractivity contribution in [2.24, 2.45) is 0 Å². The molecule has 0 aliphatic carbocycles. The molecule has 0 saturated heterocycles. The largest absolute Gasteiger partial charge is 0.455 e. The average Bonchev–Trinajstić information content (AvgIpc) is 1.69. The number of hydrogen-bond donors (Lipinski definition) is 0. The van der Waals surface area contributed by atoms with Crippen LogP contribution in [0.15, 0.2) is 0 Å². The van der Waals surface area contributed by atoms with Gasteiger partial charge in [0.25, 0.3) is 0 Å². The Kier molecular flexibility index (Phi) is 8.37. The van der Waals surface area contributed by atoms with Crippen molar-refractivity contribution >= 4 is 33.3 Å². The topological polar surface area (TPSA) is 0 Å². The van der Waals surface area contributed by atoms with Crippen molar-refractivity contribution in [3.63, 3.8) is 0 Å². The SMILES string of the molecule is CCCC[S][AlH][Cl]. The molecule has 0 bridgehead atoms. The second-order valence-electron chi connectivity index (χ2n) is 1.37. The molecular weight excluding hydrogens is 143 g/mol. The molecule has 0 aromatic carbocycles. The summed E-state index contributed by atoms with van der Waals surface area (Å²) < 4.78 is 0. The zero-order valence-electron chi connectivity index (χ0n) is 4.61. The smallest absolute Gasteiger partial charge is 0.248 e. The van der Waals surface area contributed by atoms with E-state index in [0.29, 0.717) is 0 Å². The van der Waals surface area contributed by atoms with E-state index >= 15 is 0 Å². The fraction of sp³-hybridized carbons (Fsp3) is 1.00. The molecule has 0 heterocycles. The third-order valence-corrected chi connectivity index (χ3v) is 4.17. The molecule has 0 fully saturated rings. The van der Waals surface area contributed by atoms with Crippen molar-refractivity contribution in [2.75, 3.05) is 5.75 Å². The van der Waals surface area contributed by atoms with E-state index in [1.165, 1.54) is 18.6 Å². The molecule has 0 aliphatic rings. The molecule has 0 atom stereocenters. The number of unbranched alkanes of at least 4 members (excludes halogenated alkanes) is 1. The summed E-state index contributed by atoms with van der Waals surface area (Å²) in [6.45, 7) is 2.20. The van der Waals surface area contributed by atoms with E-state index < -0.39 is 0 Å². The Hall–Kier alpha value is 1.17. The van der Waals surface area contributed by atoms with Crippen LogP contribution in [-0.2, 0) is 0 Å². The van der Waals surface area contributed by atoms with Crippen molar-refractivity contribution in [1.82, 2.24) is 0 Å². The summed E-state index contributed by atoms with van der Waals surface area (Å²) >= 11 is -0.217. The van der Waals surface area contributed by atoms with Crippen LogP contribution in [0.4, 0.5) is 0 Å². The number of hydrogen-bond acceptors (Lipinski definition) is 1. The third kappa shape index (κ3) is 7.17. The van der Waals surface area contributed by atoms with Crippen LogP contribution in [0.3, 0.4) is 0 Å². The lowest BCUT2D eigenvalue weighted by Crippen LogP contribution is -1.76. The van der Waals surface area contributed by atoms with Crippen LogP contribution in [0.25, 0.3) is 0 Å². The van der Waals surface area contributed by atoms with Gasteiger partial charge < -0.3 is 0 Å². The molecule has 3 heteroatoms. The van der Waals surface area contributed by atoms with E-state index in [1.807, 2.05) is 10.1 Å². The lowest BCUT2D eigenvalue weighted by Gasteiger charge is -1.89. The summed E-state index contributed by atoms with van der Waals surface area (Å²) in [5.41, 5.74) is 0. The van der Waals surface area contributed by atoms with E-state index in [4.69, 9.17) is 10.0 Å². The van der Waals surface area contributed by atoms with Crippen LogP contribution in [0, 0.1) is 0 Å². The Bertz CT molecular complexity index is 30.9. The van der Waals surface area contributed by atoms with Gasteiger partial charge >= 0.3 is 13.2 Å². The first-order chi connectivity index (χ1) is 3.41. The maximum absolute atomic E-state index is 5.54. The minimum Gasteiger partial charge on any atom is -0.248 e. The lowest BCUT2D eigenvalue weighted by atomic mass is 10.4. The monoisotopic (exact) mass is 152 g/mol. The zero-order valence-corrected chi connectivity index (χ0v) is 7.60. The van der Waals surface area contributed by atoms with Gasteiger partial charge in [-0.05, 0) is 12.2 Å². The molecule has 0 radical (unpaired) electrons. The summed E-state index contributed by atoms with van der Waals surface area (Å²) in [4.78, 5) is 0. The van der Waals surface area contributed by atoms with Crippen molar-refractivity contribution in [2.45, 2.75) is 19.8 Å². The number of halogens is 1. The van der Waals surface area contributed by atoms with Gasteiger partial charge in [-0.2, -0.15) is 0 Å². The van der Waals surface area contributed by atoms with Crippen molar-refractivity contribution in [1.29, 1.82) is 0 Å². The van der Waals surface area contributed by atoms with E-state index in [-0.39, 0.29) is 13.2 Å².